The average molecular weight is 449 g/mol. The molecule has 1 aliphatic heterocycles. The Morgan fingerprint density at radius 2 is 1.91 bits per heavy atom. The Morgan fingerprint density at radius 1 is 1.09 bits per heavy atom. The molecule has 1 aliphatic rings. The predicted molar refractivity (Wildman–Crippen MR) is 126 cm³/mol. The number of hydrogen-bond donors (Lipinski definition) is 1. The van der Waals surface area contributed by atoms with Crippen LogP contribution in [-0.2, 0) is 22.5 Å². The third-order valence-electron chi connectivity index (χ3n) is 5.74. The van der Waals surface area contributed by atoms with Gasteiger partial charge in [0.05, 0.1) is 24.8 Å². The van der Waals surface area contributed by atoms with E-state index in [-0.39, 0.29) is 23.8 Å². The van der Waals surface area contributed by atoms with Crippen LogP contribution in [0.3, 0.4) is 0 Å². The summed E-state index contributed by atoms with van der Waals surface area (Å²) in [5.41, 5.74) is 5.38. The molecule has 0 saturated carbocycles. The number of hydrogen-bond acceptors (Lipinski definition) is 4. The zero-order valence-corrected chi connectivity index (χ0v) is 18.9. The highest BCUT2D eigenvalue weighted by Gasteiger charge is 2.24. The molecule has 3 aromatic carbocycles. The van der Waals surface area contributed by atoms with Gasteiger partial charge in [0.2, 0.25) is 5.91 Å². The second-order valence-electron chi connectivity index (χ2n) is 8.10. The number of halogens is 1. The molecule has 164 valence electrons. The van der Waals surface area contributed by atoms with Crippen molar-refractivity contribution in [3.8, 4) is 0 Å². The molecule has 3 aromatic rings. The van der Waals surface area contributed by atoms with Crippen molar-refractivity contribution in [3.05, 3.63) is 99.6 Å². The van der Waals surface area contributed by atoms with Crippen molar-refractivity contribution >= 4 is 29.2 Å². The van der Waals surface area contributed by atoms with Crippen molar-refractivity contribution in [1.29, 1.82) is 0 Å². The third-order valence-corrected chi connectivity index (χ3v) is 5.98. The van der Waals surface area contributed by atoms with Gasteiger partial charge >= 0.3 is 5.97 Å². The van der Waals surface area contributed by atoms with Gasteiger partial charge < -0.3 is 15.0 Å². The van der Waals surface area contributed by atoms with Gasteiger partial charge in [-0.25, -0.2) is 4.79 Å². The van der Waals surface area contributed by atoms with Crippen molar-refractivity contribution in [2.45, 2.75) is 18.9 Å². The summed E-state index contributed by atoms with van der Waals surface area (Å²) in [4.78, 5) is 27.1. The fourth-order valence-corrected chi connectivity index (χ4v) is 4.45. The van der Waals surface area contributed by atoms with Gasteiger partial charge in [-0.2, -0.15) is 0 Å². The van der Waals surface area contributed by atoms with E-state index < -0.39 is 5.97 Å². The molecule has 6 heteroatoms. The standard InChI is InChI=1S/C26H25ClN2O3/c1-29-15-19-7-3-4-9-21(19)23(16-29)18-8-5-6-17(12-18)13-25(30)28-24-14-20(27)10-11-22(24)26(31)32-2/h3-12,14,23H,13,15-16H2,1-2H3,(H,28,30). The largest absolute Gasteiger partial charge is 0.465 e. The molecule has 0 aromatic heterocycles. The van der Waals surface area contributed by atoms with Crippen LogP contribution in [0.4, 0.5) is 5.69 Å². The Bertz CT molecular complexity index is 1160. The van der Waals surface area contributed by atoms with Gasteiger partial charge in [-0.05, 0) is 47.5 Å². The molecule has 0 radical (unpaired) electrons. The van der Waals surface area contributed by atoms with E-state index in [0.717, 1.165) is 18.7 Å². The smallest absolute Gasteiger partial charge is 0.339 e. The fraction of sp³-hybridized carbons (Fsp3) is 0.231. The minimum Gasteiger partial charge on any atom is -0.465 e. The lowest BCUT2D eigenvalue weighted by Gasteiger charge is -2.32. The van der Waals surface area contributed by atoms with Crippen LogP contribution in [-0.4, -0.2) is 37.5 Å². The molecule has 1 heterocycles. The molecular weight excluding hydrogens is 424 g/mol. The van der Waals surface area contributed by atoms with E-state index in [2.05, 4.69) is 53.7 Å². The monoisotopic (exact) mass is 448 g/mol. The summed E-state index contributed by atoms with van der Waals surface area (Å²) in [6.07, 6.45) is 0.186. The Kier molecular flexibility index (Phi) is 6.58. The van der Waals surface area contributed by atoms with E-state index in [9.17, 15) is 9.59 Å². The zero-order chi connectivity index (χ0) is 22.7. The number of carbonyl (C=O) groups excluding carboxylic acids is 2. The third kappa shape index (κ3) is 4.85. The number of likely N-dealkylation sites (N-methyl/N-ethyl adjacent to an activating group) is 1. The highest BCUT2D eigenvalue weighted by Crippen LogP contribution is 2.33. The number of benzene rings is 3. The second-order valence-corrected chi connectivity index (χ2v) is 8.54. The number of esters is 1. The summed E-state index contributed by atoms with van der Waals surface area (Å²) in [5, 5.41) is 3.23. The van der Waals surface area contributed by atoms with Crippen LogP contribution >= 0.6 is 11.6 Å². The minimum atomic E-state index is -0.529. The SMILES string of the molecule is COC(=O)c1ccc(Cl)cc1NC(=O)Cc1cccc(C2CN(C)Cc3ccccc32)c1. The molecule has 4 rings (SSSR count). The quantitative estimate of drug-likeness (QED) is 0.565. The van der Waals surface area contributed by atoms with Crippen molar-refractivity contribution < 1.29 is 14.3 Å². The minimum absolute atomic E-state index is 0.186. The highest BCUT2D eigenvalue weighted by atomic mass is 35.5. The Balaban J connectivity index is 1.54. The summed E-state index contributed by atoms with van der Waals surface area (Å²) >= 11 is 6.06. The molecule has 0 saturated heterocycles. The van der Waals surface area contributed by atoms with Crippen LogP contribution in [0.25, 0.3) is 0 Å². The Labute approximate surface area is 193 Å². The molecule has 0 aliphatic carbocycles. The van der Waals surface area contributed by atoms with E-state index in [1.807, 2.05) is 12.1 Å². The molecule has 1 amide bonds. The lowest BCUT2D eigenvalue weighted by Crippen LogP contribution is -2.31. The molecule has 5 nitrogen and oxygen atoms in total. The van der Waals surface area contributed by atoms with E-state index in [4.69, 9.17) is 16.3 Å². The van der Waals surface area contributed by atoms with Crippen LogP contribution < -0.4 is 5.32 Å². The normalized spacial score (nSPS) is 15.7. The van der Waals surface area contributed by atoms with Crippen molar-refractivity contribution in [2.24, 2.45) is 0 Å². The molecule has 1 atom stereocenters. The number of fused-ring (bicyclic) bond motifs is 1. The number of methoxy groups -OCH3 is 1. The van der Waals surface area contributed by atoms with Gasteiger partial charge in [-0.3, -0.25) is 4.79 Å². The number of amides is 1. The van der Waals surface area contributed by atoms with Gasteiger partial charge in [0, 0.05) is 24.0 Å². The number of nitrogens with zero attached hydrogens (tertiary/aromatic N) is 1. The van der Waals surface area contributed by atoms with Crippen LogP contribution in [0.5, 0.6) is 0 Å². The van der Waals surface area contributed by atoms with Crippen LogP contribution in [0.2, 0.25) is 5.02 Å². The molecule has 0 fully saturated rings. The Morgan fingerprint density at radius 3 is 2.72 bits per heavy atom. The number of nitrogens with one attached hydrogen (secondary N) is 1. The van der Waals surface area contributed by atoms with Crippen LogP contribution in [0, 0.1) is 0 Å². The molecule has 32 heavy (non-hydrogen) atoms. The molecule has 1 N–H and O–H groups in total. The molecule has 0 spiro atoms. The first-order chi connectivity index (χ1) is 15.4. The second kappa shape index (κ2) is 9.55. The van der Waals surface area contributed by atoms with Crippen molar-refractivity contribution in [2.75, 3.05) is 26.0 Å². The summed E-state index contributed by atoms with van der Waals surface area (Å²) in [5.74, 6) is -0.499. The number of rotatable bonds is 5. The average Bonchev–Trinajstić information content (AvgIpc) is 2.78. The number of ether oxygens (including phenoxy) is 1. The van der Waals surface area contributed by atoms with E-state index in [0.29, 0.717) is 10.7 Å². The van der Waals surface area contributed by atoms with Crippen molar-refractivity contribution in [1.82, 2.24) is 4.90 Å². The van der Waals surface area contributed by atoms with Gasteiger partial charge in [-0.1, -0.05) is 60.1 Å². The maximum Gasteiger partial charge on any atom is 0.339 e. The predicted octanol–water partition coefficient (Wildman–Crippen LogP) is 4.89. The van der Waals surface area contributed by atoms with Gasteiger partial charge in [0.15, 0.2) is 0 Å². The molecule has 0 bridgehead atoms. The first-order valence-corrected chi connectivity index (χ1v) is 10.9. The summed E-state index contributed by atoms with van der Waals surface area (Å²) in [6, 6.07) is 21.4. The van der Waals surface area contributed by atoms with Gasteiger partial charge in [0.1, 0.15) is 0 Å². The highest BCUT2D eigenvalue weighted by molar-refractivity contribution is 6.31. The first kappa shape index (κ1) is 22.1. The number of carbonyl (C=O) groups is 2. The van der Waals surface area contributed by atoms with Crippen LogP contribution in [0.15, 0.2) is 66.7 Å². The van der Waals surface area contributed by atoms with E-state index >= 15 is 0 Å². The van der Waals surface area contributed by atoms with Crippen molar-refractivity contribution in [3.63, 3.8) is 0 Å². The number of anilines is 1. The molecule has 1 unspecified atom stereocenters. The summed E-state index contributed by atoms with van der Waals surface area (Å²) < 4.78 is 4.80. The van der Waals surface area contributed by atoms with Gasteiger partial charge in [-0.15, -0.1) is 0 Å². The first-order valence-electron chi connectivity index (χ1n) is 10.5. The van der Waals surface area contributed by atoms with E-state index in [1.165, 1.54) is 23.8 Å². The summed E-state index contributed by atoms with van der Waals surface area (Å²) in [6.45, 7) is 1.87. The van der Waals surface area contributed by atoms with Crippen LogP contribution in [0.1, 0.15) is 38.5 Å². The Hall–Kier alpha value is -3.15. The van der Waals surface area contributed by atoms with Gasteiger partial charge in [0.25, 0.3) is 0 Å². The maximum absolute atomic E-state index is 12.8. The lowest BCUT2D eigenvalue weighted by molar-refractivity contribution is -0.115. The summed E-state index contributed by atoms with van der Waals surface area (Å²) in [7, 11) is 3.43. The topological polar surface area (TPSA) is 58.6 Å². The zero-order valence-electron chi connectivity index (χ0n) is 18.1. The van der Waals surface area contributed by atoms with E-state index in [1.54, 1.807) is 18.2 Å². The lowest BCUT2D eigenvalue weighted by atomic mass is 9.84. The maximum atomic E-state index is 12.8. The molecular formula is C26H25ClN2O3. The fourth-order valence-electron chi connectivity index (χ4n) is 4.28.